The van der Waals surface area contributed by atoms with Crippen molar-refractivity contribution in [3.63, 3.8) is 0 Å². The van der Waals surface area contributed by atoms with E-state index >= 15 is 0 Å². The molecule has 3 nitrogen and oxygen atoms in total. The number of rotatable bonds is 2. The van der Waals surface area contributed by atoms with Crippen LogP contribution in [0.15, 0.2) is 24.3 Å². The lowest BCUT2D eigenvalue weighted by atomic mass is 9.90. The van der Waals surface area contributed by atoms with Crippen LogP contribution >= 0.6 is 0 Å². The van der Waals surface area contributed by atoms with Crippen LogP contribution in [0.2, 0.25) is 0 Å². The molecule has 0 saturated carbocycles. The van der Waals surface area contributed by atoms with Gasteiger partial charge < -0.3 is 15.6 Å². The molecule has 1 aliphatic rings. The maximum atomic E-state index is 9.35. The Balaban J connectivity index is 2.01. The summed E-state index contributed by atoms with van der Waals surface area (Å²) in [5.41, 5.74) is 7.15. The molecule has 15 heavy (non-hydrogen) atoms. The van der Waals surface area contributed by atoms with E-state index in [0.29, 0.717) is 11.7 Å². The van der Waals surface area contributed by atoms with E-state index in [4.69, 9.17) is 10.5 Å². The molecule has 3 N–H and O–H groups in total. The van der Waals surface area contributed by atoms with Crippen LogP contribution in [0, 0.1) is 5.92 Å². The van der Waals surface area contributed by atoms with Gasteiger partial charge in [-0.3, -0.25) is 0 Å². The van der Waals surface area contributed by atoms with Crippen molar-refractivity contribution < 1.29 is 9.84 Å². The molecule has 0 bridgehead atoms. The normalized spacial score (nSPS) is 26.5. The number of phenolic OH excluding ortho intramolecular Hbond substituents is 1. The highest BCUT2D eigenvalue weighted by atomic mass is 16.5. The Morgan fingerprint density at radius 1 is 1.47 bits per heavy atom. The zero-order chi connectivity index (χ0) is 10.7. The Bertz CT molecular complexity index is 327. The molecule has 1 saturated heterocycles. The number of nitrogens with two attached hydrogens (primary N) is 1. The second-order valence-electron chi connectivity index (χ2n) is 4.16. The largest absolute Gasteiger partial charge is 0.508 e. The predicted molar refractivity (Wildman–Crippen MR) is 58.7 cm³/mol. The Kier molecular flexibility index (Phi) is 3.23. The van der Waals surface area contributed by atoms with E-state index in [0.717, 1.165) is 31.6 Å². The summed E-state index contributed by atoms with van der Waals surface area (Å²) < 4.78 is 5.41. The monoisotopic (exact) mass is 207 g/mol. The van der Waals surface area contributed by atoms with Crippen molar-refractivity contribution in [3.05, 3.63) is 29.8 Å². The van der Waals surface area contributed by atoms with Crippen molar-refractivity contribution in [2.24, 2.45) is 11.7 Å². The zero-order valence-electron chi connectivity index (χ0n) is 8.73. The fraction of sp³-hybridized carbons (Fsp3) is 0.500. The lowest BCUT2D eigenvalue weighted by molar-refractivity contribution is 0.0422. The molecule has 2 rings (SSSR count). The molecule has 2 atom stereocenters. The Hall–Kier alpha value is -1.06. The number of hydrogen-bond acceptors (Lipinski definition) is 3. The highest BCUT2D eigenvalue weighted by Gasteiger charge is 2.22. The highest BCUT2D eigenvalue weighted by molar-refractivity contribution is 5.27. The number of hydrogen-bond donors (Lipinski definition) is 2. The first-order valence-electron chi connectivity index (χ1n) is 5.37. The van der Waals surface area contributed by atoms with E-state index in [1.807, 2.05) is 12.1 Å². The van der Waals surface area contributed by atoms with E-state index in [1.54, 1.807) is 12.1 Å². The summed E-state index contributed by atoms with van der Waals surface area (Å²) in [5.74, 6) is 0.693. The van der Waals surface area contributed by atoms with Crippen molar-refractivity contribution in [2.45, 2.75) is 18.9 Å². The summed E-state index contributed by atoms with van der Waals surface area (Å²) in [6.07, 6.45) is 1.82. The number of benzene rings is 1. The van der Waals surface area contributed by atoms with E-state index < -0.39 is 0 Å². The van der Waals surface area contributed by atoms with E-state index in [-0.39, 0.29) is 6.04 Å². The summed E-state index contributed by atoms with van der Waals surface area (Å²) in [6, 6.07) is 7.57. The minimum atomic E-state index is 0.223. The summed E-state index contributed by atoms with van der Waals surface area (Å²) in [5, 5.41) is 9.35. The van der Waals surface area contributed by atoms with Crippen molar-refractivity contribution in [1.29, 1.82) is 0 Å². The van der Waals surface area contributed by atoms with Crippen LogP contribution in [0.1, 0.15) is 12.0 Å². The SMILES string of the molecule is NC1CCOCC1Cc1cccc(O)c1. The predicted octanol–water partition coefficient (Wildman–Crippen LogP) is 1.30. The third-order valence-electron chi connectivity index (χ3n) is 2.94. The van der Waals surface area contributed by atoms with Crippen LogP contribution in [-0.2, 0) is 11.2 Å². The van der Waals surface area contributed by atoms with Gasteiger partial charge in [-0.15, -0.1) is 0 Å². The summed E-state index contributed by atoms with van der Waals surface area (Å²) in [6.45, 7) is 1.51. The quantitative estimate of drug-likeness (QED) is 0.768. The van der Waals surface area contributed by atoms with Gasteiger partial charge in [-0.1, -0.05) is 12.1 Å². The van der Waals surface area contributed by atoms with Crippen LogP contribution in [0.3, 0.4) is 0 Å². The molecule has 0 spiro atoms. The fourth-order valence-electron chi connectivity index (χ4n) is 2.01. The molecule has 1 aliphatic heterocycles. The number of aromatic hydroxyl groups is 1. The molecule has 2 unspecified atom stereocenters. The molecule has 0 radical (unpaired) electrons. The Labute approximate surface area is 89.9 Å². The molecule has 0 aliphatic carbocycles. The smallest absolute Gasteiger partial charge is 0.115 e. The molecule has 82 valence electrons. The van der Waals surface area contributed by atoms with Gasteiger partial charge >= 0.3 is 0 Å². The molecule has 0 amide bonds. The molecule has 1 heterocycles. The second-order valence-corrected chi connectivity index (χ2v) is 4.16. The standard InChI is InChI=1S/C12H17NO2/c13-12-4-5-15-8-10(12)6-9-2-1-3-11(14)7-9/h1-3,7,10,12,14H,4-6,8,13H2. The first-order valence-corrected chi connectivity index (χ1v) is 5.37. The average Bonchev–Trinajstić information content (AvgIpc) is 2.22. The van der Waals surface area contributed by atoms with Gasteiger partial charge in [0.05, 0.1) is 6.61 Å². The first kappa shape index (κ1) is 10.5. The Morgan fingerprint density at radius 2 is 2.33 bits per heavy atom. The fourth-order valence-corrected chi connectivity index (χ4v) is 2.01. The van der Waals surface area contributed by atoms with Crippen LogP contribution in [0.25, 0.3) is 0 Å². The van der Waals surface area contributed by atoms with E-state index in [1.165, 1.54) is 0 Å². The van der Waals surface area contributed by atoms with Gasteiger partial charge in [0.1, 0.15) is 5.75 Å². The zero-order valence-corrected chi connectivity index (χ0v) is 8.73. The highest BCUT2D eigenvalue weighted by Crippen LogP contribution is 2.20. The van der Waals surface area contributed by atoms with Crippen LogP contribution in [-0.4, -0.2) is 24.4 Å². The summed E-state index contributed by atoms with van der Waals surface area (Å²) in [4.78, 5) is 0. The summed E-state index contributed by atoms with van der Waals surface area (Å²) >= 11 is 0. The van der Waals surface area contributed by atoms with Gasteiger partial charge in [-0.05, 0) is 30.5 Å². The minimum absolute atomic E-state index is 0.223. The van der Waals surface area contributed by atoms with Crippen molar-refractivity contribution in [2.75, 3.05) is 13.2 Å². The topological polar surface area (TPSA) is 55.5 Å². The van der Waals surface area contributed by atoms with Crippen LogP contribution < -0.4 is 5.73 Å². The number of phenols is 1. The van der Waals surface area contributed by atoms with Crippen molar-refractivity contribution in [1.82, 2.24) is 0 Å². The molecular weight excluding hydrogens is 190 g/mol. The minimum Gasteiger partial charge on any atom is -0.508 e. The second kappa shape index (κ2) is 4.64. The summed E-state index contributed by atoms with van der Waals surface area (Å²) in [7, 11) is 0. The Morgan fingerprint density at radius 3 is 3.07 bits per heavy atom. The van der Waals surface area contributed by atoms with Crippen molar-refractivity contribution >= 4 is 0 Å². The third-order valence-corrected chi connectivity index (χ3v) is 2.94. The van der Waals surface area contributed by atoms with Gasteiger partial charge in [0.2, 0.25) is 0 Å². The molecule has 0 aromatic heterocycles. The molecule has 1 aromatic carbocycles. The molecule has 3 heteroatoms. The molecule has 1 aromatic rings. The molecule has 1 fully saturated rings. The van der Waals surface area contributed by atoms with E-state index in [2.05, 4.69) is 0 Å². The van der Waals surface area contributed by atoms with Crippen LogP contribution in [0.5, 0.6) is 5.75 Å². The first-order chi connectivity index (χ1) is 7.25. The number of ether oxygens (including phenoxy) is 1. The van der Waals surface area contributed by atoms with Crippen molar-refractivity contribution in [3.8, 4) is 5.75 Å². The molecular formula is C12H17NO2. The van der Waals surface area contributed by atoms with Gasteiger partial charge in [-0.25, -0.2) is 0 Å². The van der Waals surface area contributed by atoms with Crippen LogP contribution in [0.4, 0.5) is 0 Å². The maximum Gasteiger partial charge on any atom is 0.115 e. The average molecular weight is 207 g/mol. The third kappa shape index (κ3) is 2.70. The lowest BCUT2D eigenvalue weighted by Gasteiger charge is -2.28. The van der Waals surface area contributed by atoms with Gasteiger partial charge in [0.25, 0.3) is 0 Å². The maximum absolute atomic E-state index is 9.35. The van der Waals surface area contributed by atoms with Gasteiger partial charge in [-0.2, -0.15) is 0 Å². The van der Waals surface area contributed by atoms with Gasteiger partial charge in [0, 0.05) is 18.6 Å². The lowest BCUT2D eigenvalue weighted by Crippen LogP contribution is -2.39. The van der Waals surface area contributed by atoms with Gasteiger partial charge in [0.15, 0.2) is 0 Å². The van der Waals surface area contributed by atoms with E-state index in [9.17, 15) is 5.11 Å².